The number of nitrogens with zero attached hydrogens (tertiary/aromatic N) is 1. The summed E-state index contributed by atoms with van der Waals surface area (Å²) < 4.78 is 5.08. The average Bonchev–Trinajstić information content (AvgIpc) is 2.30. The van der Waals surface area contributed by atoms with Gasteiger partial charge in [0.15, 0.2) is 0 Å². The van der Waals surface area contributed by atoms with Gasteiger partial charge in [-0.3, -0.25) is 9.69 Å². The van der Waals surface area contributed by atoms with Crippen LogP contribution >= 0.6 is 11.6 Å². The average molecular weight is 256 g/mol. The van der Waals surface area contributed by atoms with Gasteiger partial charge in [0.05, 0.1) is 5.69 Å². The monoisotopic (exact) mass is 255 g/mol. The molecular weight excluding hydrogens is 238 g/mol. The Morgan fingerprint density at radius 3 is 2.59 bits per heavy atom. The summed E-state index contributed by atoms with van der Waals surface area (Å²) in [5.41, 5.74) is 2.88. The SMILES string of the molecule is CCc1ccc(Cl)c(C)c1N(COC)C(C)=O. The lowest BCUT2D eigenvalue weighted by molar-refractivity contribution is -0.117. The van der Waals surface area contributed by atoms with Crippen molar-refractivity contribution in [2.75, 3.05) is 18.7 Å². The van der Waals surface area contributed by atoms with E-state index in [1.54, 1.807) is 12.0 Å². The molecule has 0 aliphatic rings. The first kappa shape index (κ1) is 14.0. The van der Waals surface area contributed by atoms with Crippen molar-refractivity contribution in [3.8, 4) is 0 Å². The van der Waals surface area contributed by atoms with Crippen LogP contribution in [-0.4, -0.2) is 19.7 Å². The standard InChI is InChI=1S/C13H18ClNO2/c1-5-11-6-7-12(14)9(2)13(11)15(8-17-4)10(3)16/h6-7H,5,8H2,1-4H3. The Morgan fingerprint density at radius 1 is 1.47 bits per heavy atom. The molecule has 0 heterocycles. The van der Waals surface area contributed by atoms with Crippen molar-refractivity contribution in [1.82, 2.24) is 0 Å². The lowest BCUT2D eigenvalue weighted by Crippen LogP contribution is -2.32. The molecule has 17 heavy (non-hydrogen) atoms. The van der Waals surface area contributed by atoms with Gasteiger partial charge < -0.3 is 4.74 Å². The van der Waals surface area contributed by atoms with E-state index in [9.17, 15) is 4.79 Å². The summed E-state index contributed by atoms with van der Waals surface area (Å²) in [7, 11) is 1.57. The highest BCUT2D eigenvalue weighted by molar-refractivity contribution is 6.31. The highest BCUT2D eigenvalue weighted by atomic mass is 35.5. The van der Waals surface area contributed by atoms with Crippen LogP contribution in [0.3, 0.4) is 0 Å². The summed E-state index contributed by atoms with van der Waals surface area (Å²) in [6, 6.07) is 3.82. The van der Waals surface area contributed by atoms with Crippen LogP contribution < -0.4 is 4.90 Å². The van der Waals surface area contributed by atoms with Crippen LogP contribution in [0.4, 0.5) is 5.69 Å². The number of aryl methyl sites for hydroxylation is 1. The number of rotatable bonds is 4. The zero-order valence-corrected chi connectivity index (χ0v) is 11.5. The maximum Gasteiger partial charge on any atom is 0.225 e. The van der Waals surface area contributed by atoms with E-state index in [1.165, 1.54) is 6.92 Å². The minimum absolute atomic E-state index is 0.0492. The molecule has 0 saturated carbocycles. The lowest BCUT2D eigenvalue weighted by atomic mass is 10.0. The molecule has 0 spiro atoms. The largest absolute Gasteiger partial charge is 0.364 e. The fraction of sp³-hybridized carbons (Fsp3) is 0.462. The topological polar surface area (TPSA) is 29.5 Å². The van der Waals surface area contributed by atoms with E-state index in [-0.39, 0.29) is 12.6 Å². The fourth-order valence-electron chi connectivity index (χ4n) is 1.83. The van der Waals surface area contributed by atoms with E-state index in [0.29, 0.717) is 5.02 Å². The molecular formula is C13H18ClNO2. The van der Waals surface area contributed by atoms with Crippen LogP contribution in [0.15, 0.2) is 12.1 Å². The Kier molecular flexibility index (Phi) is 4.97. The van der Waals surface area contributed by atoms with Gasteiger partial charge in [-0.25, -0.2) is 0 Å². The number of hydrogen-bond acceptors (Lipinski definition) is 2. The Labute approximate surface area is 107 Å². The zero-order chi connectivity index (χ0) is 13.0. The summed E-state index contributed by atoms with van der Waals surface area (Å²) in [4.78, 5) is 13.3. The second-order valence-corrected chi connectivity index (χ2v) is 4.31. The van der Waals surface area contributed by atoms with E-state index in [0.717, 1.165) is 23.2 Å². The lowest BCUT2D eigenvalue weighted by Gasteiger charge is -2.25. The summed E-state index contributed by atoms with van der Waals surface area (Å²) in [6.45, 7) is 5.74. The second-order valence-electron chi connectivity index (χ2n) is 3.90. The Bertz CT molecular complexity index is 418. The molecule has 1 aromatic carbocycles. The number of anilines is 1. The van der Waals surface area contributed by atoms with Crippen molar-refractivity contribution < 1.29 is 9.53 Å². The van der Waals surface area contributed by atoms with Crippen molar-refractivity contribution in [3.05, 3.63) is 28.3 Å². The Morgan fingerprint density at radius 2 is 2.12 bits per heavy atom. The number of carbonyl (C=O) groups excluding carboxylic acids is 1. The number of benzene rings is 1. The molecule has 1 rings (SSSR count). The summed E-state index contributed by atoms with van der Waals surface area (Å²) in [5.74, 6) is -0.0492. The Balaban J connectivity index is 3.33. The smallest absolute Gasteiger partial charge is 0.225 e. The van der Waals surface area contributed by atoms with E-state index in [1.807, 2.05) is 19.1 Å². The van der Waals surface area contributed by atoms with Crippen LogP contribution in [0.25, 0.3) is 0 Å². The first-order chi connectivity index (χ1) is 8.02. The summed E-state index contributed by atoms with van der Waals surface area (Å²) in [6.07, 6.45) is 0.848. The molecule has 1 amide bonds. The van der Waals surface area contributed by atoms with E-state index >= 15 is 0 Å². The number of hydrogen-bond donors (Lipinski definition) is 0. The zero-order valence-electron chi connectivity index (χ0n) is 10.7. The van der Waals surface area contributed by atoms with E-state index in [4.69, 9.17) is 16.3 Å². The molecule has 4 heteroatoms. The van der Waals surface area contributed by atoms with E-state index in [2.05, 4.69) is 6.92 Å². The molecule has 0 atom stereocenters. The van der Waals surface area contributed by atoms with Gasteiger partial charge in [0.1, 0.15) is 6.73 Å². The van der Waals surface area contributed by atoms with Gasteiger partial charge in [-0.2, -0.15) is 0 Å². The molecule has 0 radical (unpaired) electrons. The van der Waals surface area contributed by atoms with Crippen LogP contribution in [0, 0.1) is 6.92 Å². The third-order valence-electron chi connectivity index (χ3n) is 2.74. The highest BCUT2D eigenvalue weighted by Crippen LogP contribution is 2.31. The normalized spacial score (nSPS) is 10.4. The van der Waals surface area contributed by atoms with Crippen molar-refractivity contribution >= 4 is 23.2 Å². The van der Waals surface area contributed by atoms with Crippen molar-refractivity contribution in [2.24, 2.45) is 0 Å². The van der Waals surface area contributed by atoms with Gasteiger partial charge in [-0.05, 0) is 30.5 Å². The minimum Gasteiger partial charge on any atom is -0.364 e. The van der Waals surface area contributed by atoms with Gasteiger partial charge in [-0.1, -0.05) is 24.6 Å². The van der Waals surface area contributed by atoms with Crippen LogP contribution in [-0.2, 0) is 16.0 Å². The number of ether oxygens (including phenoxy) is 1. The number of amides is 1. The van der Waals surface area contributed by atoms with Gasteiger partial charge >= 0.3 is 0 Å². The molecule has 0 aromatic heterocycles. The summed E-state index contributed by atoms with van der Waals surface area (Å²) in [5, 5.41) is 0.666. The molecule has 0 unspecified atom stereocenters. The second kappa shape index (κ2) is 6.03. The van der Waals surface area contributed by atoms with Crippen LogP contribution in [0.5, 0.6) is 0 Å². The van der Waals surface area contributed by atoms with E-state index < -0.39 is 0 Å². The third kappa shape index (κ3) is 2.99. The first-order valence-corrected chi connectivity index (χ1v) is 5.95. The van der Waals surface area contributed by atoms with Gasteiger partial charge in [-0.15, -0.1) is 0 Å². The summed E-state index contributed by atoms with van der Waals surface area (Å²) >= 11 is 6.11. The maximum absolute atomic E-state index is 11.7. The molecule has 0 bridgehead atoms. The molecule has 0 N–H and O–H groups in total. The number of methoxy groups -OCH3 is 1. The van der Waals surface area contributed by atoms with Crippen molar-refractivity contribution in [2.45, 2.75) is 27.2 Å². The van der Waals surface area contributed by atoms with Gasteiger partial charge in [0, 0.05) is 19.1 Å². The molecule has 3 nitrogen and oxygen atoms in total. The van der Waals surface area contributed by atoms with Crippen LogP contribution in [0.2, 0.25) is 5.02 Å². The molecule has 0 aliphatic carbocycles. The molecule has 0 saturated heterocycles. The maximum atomic E-state index is 11.7. The predicted molar refractivity (Wildman–Crippen MR) is 70.6 cm³/mol. The number of carbonyl (C=O) groups is 1. The van der Waals surface area contributed by atoms with Crippen molar-refractivity contribution in [3.63, 3.8) is 0 Å². The fourth-order valence-corrected chi connectivity index (χ4v) is 1.99. The molecule has 94 valence electrons. The minimum atomic E-state index is -0.0492. The first-order valence-electron chi connectivity index (χ1n) is 5.57. The quantitative estimate of drug-likeness (QED) is 0.774. The van der Waals surface area contributed by atoms with Gasteiger partial charge in [0.25, 0.3) is 0 Å². The van der Waals surface area contributed by atoms with Crippen molar-refractivity contribution in [1.29, 1.82) is 0 Å². The number of halogens is 1. The molecule has 0 aliphatic heterocycles. The van der Waals surface area contributed by atoms with Gasteiger partial charge in [0.2, 0.25) is 5.91 Å². The Hall–Kier alpha value is -1.06. The third-order valence-corrected chi connectivity index (χ3v) is 3.15. The molecule has 1 aromatic rings. The highest BCUT2D eigenvalue weighted by Gasteiger charge is 2.18. The van der Waals surface area contributed by atoms with Crippen LogP contribution in [0.1, 0.15) is 25.0 Å². The predicted octanol–water partition coefficient (Wildman–Crippen LogP) is 3.17. The molecule has 0 fully saturated rings.